The number of aryl methyl sites for hydroxylation is 1. The van der Waals surface area contributed by atoms with E-state index in [1.54, 1.807) is 12.3 Å². The molecule has 4 nitrogen and oxygen atoms in total. The smallest absolute Gasteiger partial charge is 0.307 e. The van der Waals surface area contributed by atoms with Gasteiger partial charge in [-0.2, -0.15) is 5.10 Å². The van der Waals surface area contributed by atoms with Gasteiger partial charge in [0.1, 0.15) is 5.58 Å². The third-order valence-electron chi connectivity index (χ3n) is 3.12. The molecular weight excluding hydrogens is 344 g/mol. The number of benzene rings is 2. The number of carbonyl (C=O) groups is 1. The fraction of sp³-hybridized carbons (Fsp3) is 0.0588. The van der Waals surface area contributed by atoms with Crippen LogP contribution in [0.5, 0.6) is 0 Å². The van der Waals surface area contributed by atoms with E-state index in [1.165, 1.54) is 0 Å². The summed E-state index contributed by atoms with van der Waals surface area (Å²) in [6.07, 6.45) is 1.60. The molecule has 2 aromatic carbocycles. The Kier molecular flexibility index (Phi) is 4.06. The van der Waals surface area contributed by atoms with Crippen LogP contribution in [0, 0.1) is 6.92 Å². The second-order valence-corrected chi connectivity index (χ2v) is 5.82. The van der Waals surface area contributed by atoms with Crippen LogP contribution >= 0.6 is 15.9 Å². The molecule has 5 heteroatoms. The summed E-state index contributed by atoms with van der Waals surface area (Å²) in [7, 11) is 0. The molecule has 22 heavy (non-hydrogen) atoms. The average molecular weight is 357 g/mol. The highest BCUT2D eigenvalue weighted by Crippen LogP contribution is 2.23. The molecule has 0 spiro atoms. The Morgan fingerprint density at radius 3 is 2.91 bits per heavy atom. The van der Waals surface area contributed by atoms with Gasteiger partial charge in [0.25, 0.3) is 0 Å². The number of furan rings is 1. The lowest BCUT2D eigenvalue weighted by atomic mass is 10.2. The van der Waals surface area contributed by atoms with Crippen molar-refractivity contribution in [2.75, 3.05) is 0 Å². The summed E-state index contributed by atoms with van der Waals surface area (Å²) in [5.41, 5.74) is 5.19. The van der Waals surface area contributed by atoms with E-state index >= 15 is 0 Å². The standard InChI is InChI=1S/C17H13BrN2O2/c1-11-3-2-4-12(7-11)10-19-20-17(21)16-9-13-8-14(18)5-6-15(13)22-16/h2-10H,1H3,(H,20,21)/b19-10+. The van der Waals surface area contributed by atoms with Crippen LogP contribution in [0.15, 0.2) is 62.5 Å². The van der Waals surface area contributed by atoms with E-state index in [9.17, 15) is 4.79 Å². The first-order chi connectivity index (χ1) is 10.6. The van der Waals surface area contributed by atoms with Gasteiger partial charge in [0.15, 0.2) is 5.76 Å². The van der Waals surface area contributed by atoms with Gasteiger partial charge in [0.2, 0.25) is 0 Å². The number of carbonyl (C=O) groups excluding carboxylic acids is 1. The molecule has 3 rings (SSSR count). The molecule has 1 aromatic heterocycles. The van der Waals surface area contributed by atoms with Crippen molar-refractivity contribution in [3.8, 4) is 0 Å². The Morgan fingerprint density at radius 1 is 1.23 bits per heavy atom. The lowest BCUT2D eigenvalue weighted by Gasteiger charge is -1.96. The van der Waals surface area contributed by atoms with Crippen LogP contribution < -0.4 is 5.43 Å². The summed E-state index contributed by atoms with van der Waals surface area (Å²) < 4.78 is 6.44. The lowest BCUT2D eigenvalue weighted by molar-refractivity contribution is 0.0929. The van der Waals surface area contributed by atoms with Crippen molar-refractivity contribution in [1.29, 1.82) is 0 Å². The van der Waals surface area contributed by atoms with Gasteiger partial charge in [-0.3, -0.25) is 4.79 Å². The molecule has 0 unspecified atom stereocenters. The average Bonchev–Trinajstić information content (AvgIpc) is 2.90. The molecule has 1 heterocycles. The molecule has 0 aliphatic rings. The number of rotatable bonds is 3. The van der Waals surface area contributed by atoms with Crippen LogP contribution in [0.2, 0.25) is 0 Å². The Hall–Kier alpha value is -2.40. The Balaban J connectivity index is 1.73. The highest BCUT2D eigenvalue weighted by molar-refractivity contribution is 9.10. The maximum Gasteiger partial charge on any atom is 0.307 e. The van der Waals surface area contributed by atoms with Crippen molar-refractivity contribution in [1.82, 2.24) is 5.43 Å². The van der Waals surface area contributed by atoms with Crippen molar-refractivity contribution < 1.29 is 9.21 Å². The third-order valence-corrected chi connectivity index (χ3v) is 3.62. The first kappa shape index (κ1) is 14.5. The molecule has 1 amide bonds. The first-order valence-electron chi connectivity index (χ1n) is 6.71. The van der Waals surface area contributed by atoms with Gasteiger partial charge in [-0.15, -0.1) is 0 Å². The highest BCUT2D eigenvalue weighted by Gasteiger charge is 2.11. The Labute approximate surface area is 136 Å². The zero-order valence-electron chi connectivity index (χ0n) is 11.8. The van der Waals surface area contributed by atoms with Gasteiger partial charge >= 0.3 is 5.91 Å². The minimum absolute atomic E-state index is 0.231. The topological polar surface area (TPSA) is 54.6 Å². The van der Waals surface area contributed by atoms with Gasteiger partial charge in [0, 0.05) is 9.86 Å². The van der Waals surface area contributed by atoms with Gasteiger partial charge in [-0.05, 0) is 36.8 Å². The van der Waals surface area contributed by atoms with Crippen LogP contribution in [0.3, 0.4) is 0 Å². The summed E-state index contributed by atoms with van der Waals surface area (Å²) in [5, 5.41) is 4.82. The fourth-order valence-electron chi connectivity index (χ4n) is 2.10. The molecule has 1 N–H and O–H groups in total. The van der Waals surface area contributed by atoms with Crippen LogP contribution in [0.1, 0.15) is 21.7 Å². The third kappa shape index (κ3) is 3.26. The quantitative estimate of drug-likeness (QED) is 0.562. The van der Waals surface area contributed by atoms with Crippen LogP contribution in [0.4, 0.5) is 0 Å². The minimum Gasteiger partial charge on any atom is -0.451 e. The molecular formula is C17H13BrN2O2. The normalized spacial score (nSPS) is 11.2. The Bertz CT molecular complexity index is 868. The Morgan fingerprint density at radius 2 is 2.09 bits per heavy atom. The van der Waals surface area contributed by atoms with Gasteiger partial charge in [-0.1, -0.05) is 45.8 Å². The van der Waals surface area contributed by atoms with Gasteiger partial charge < -0.3 is 4.42 Å². The minimum atomic E-state index is -0.378. The number of hydrogen-bond donors (Lipinski definition) is 1. The van der Waals surface area contributed by atoms with Crippen molar-refractivity contribution in [2.24, 2.45) is 5.10 Å². The monoisotopic (exact) mass is 356 g/mol. The van der Waals surface area contributed by atoms with E-state index in [1.807, 2.05) is 49.4 Å². The van der Waals surface area contributed by atoms with Crippen LogP contribution in [-0.4, -0.2) is 12.1 Å². The summed E-state index contributed by atoms with van der Waals surface area (Å²) in [4.78, 5) is 12.0. The predicted molar refractivity (Wildman–Crippen MR) is 90.2 cm³/mol. The summed E-state index contributed by atoms with van der Waals surface area (Å²) in [6.45, 7) is 2.00. The number of hydrazone groups is 1. The predicted octanol–water partition coefficient (Wildman–Crippen LogP) is 4.27. The van der Waals surface area contributed by atoms with Crippen molar-refractivity contribution in [3.63, 3.8) is 0 Å². The van der Waals surface area contributed by atoms with Gasteiger partial charge in [0.05, 0.1) is 6.21 Å². The summed E-state index contributed by atoms with van der Waals surface area (Å²) in [5.74, 6) is -0.147. The van der Waals surface area contributed by atoms with Crippen molar-refractivity contribution >= 4 is 39.0 Å². The molecule has 0 aliphatic heterocycles. The van der Waals surface area contributed by atoms with Crippen molar-refractivity contribution in [2.45, 2.75) is 6.92 Å². The number of amides is 1. The number of nitrogens with one attached hydrogen (secondary N) is 1. The number of fused-ring (bicyclic) bond motifs is 1. The molecule has 0 fully saturated rings. The zero-order chi connectivity index (χ0) is 15.5. The molecule has 0 saturated heterocycles. The second kappa shape index (κ2) is 6.15. The van der Waals surface area contributed by atoms with E-state index in [2.05, 4.69) is 26.5 Å². The van der Waals surface area contributed by atoms with Crippen LogP contribution in [0.25, 0.3) is 11.0 Å². The molecule has 110 valence electrons. The van der Waals surface area contributed by atoms with Crippen LogP contribution in [-0.2, 0) is 0 Å². The fourth-order valence-corrected chi connectivity index (χ4v) is 2.48. The highest BCUT2D eigenvalue weighted by atomic mass is 79.9. The first-order valence-corrected chi connectivity index (χ1v) is 7.50. The molecule has 0 atom stereocenters. The molecule has 0 bridgehead atoms. The SMILES string of the molecule is Cc1cccc(/C=N/NC(=O)c2cc3cc(Br)ccc3o2)c1. The lowest BCUT2D eigenvalue weighted by Crippen LogP contribution is -2.16. The van der Waals surface area contributed by atoms with Crippen molar-refractivity contribution in [3.05, 3.63) is 69.9 Å². The van der Waals surface area contributed by atoms with Gasteiger partial charge in [-0.25, -0.2) is 5.43 Å². The maximum absolute atomic E-state index is 12.0. The number of halogens is 1. The molecule has 0 aliphatic carbocycles. The summed E-state index contributed by atoms with van der Waals surface area (Å²) in [6, 6.07) is 15.1. The number of nitrogens with zero attached hydrogens (tertiary/aromatic N) is 1. The zero-order valence-corrected chi connectivity index (χ0v) is 13.4. The van der Waals surface area contributed by atoms with E-state index in [-0.39, 0.29) is 11.7 Å². The molecule has 0 radical (unpaired) electrons. The van der Waals surface area contributed by atoms with E-state index < -0.39 is 0 Å². The summed E-state index contributed by atoms with van der Waals surface area (Å²) >= 11 is 3.39. The van der Waals surface area contributed by atoms with E-state index in [0.29, 0.717) is 5.58 Å². The maximum atomic E-state index is 12.0. The second-order valence-electron chi connectivity index (χ2n) is 4.91. The van der Waals surface area contributed by atoms with E-state index in [0.717, 1.165) is 21.0 Å². The number of hydrogen-bond acceptors (Lipinski definition) is 3. The molecule has 0 saturated carbocycles. The largest absolute Gasteiger partial charge is 0.451 e. The van der Waals surface area contributed by atoms with E-state index in [4.69, 9.17) is 4.42 Å². The molecule has 3 aromatic rings.